The van der Waals surface area contributed by atoms with Crippen molar-refractivity contribution in [1.82, 2.24) is 5.32 Å². The standard InChI is InChI=1S/C12H23NO6S/c1-12(2,3)18-11(14)13-7-9-5-6-10(8-17-9)19-20(4,15)16/h9-10H,5-8H2,1-4H3,(H,13,14)/t9-,10+/m0/s1. The molecule has 0 aromatic heterocycles. The van der Waals surface area contributed by atoms with Gasteiger partial charge in [-0.1, -0.05) is 0 Å². The average Bonchev–Trinajstić information content (AvgIpc) is 2.23. The predicted octanol–water partition coefficient (Wildman–Crippen LogP) is 1.03. The summed E-state index contributed by atoms with van der Waals surface area (Å²) in [4.78, 5) is 11.5. The monoisotopic (exact) mass is 309 g/mol. The van der Waals surface area contributed by atoms with Crippen LogP contribution in [0.4, 0.5) is 4.79 Å². The van der Waals surface area contributed by atoms with E-state index in [1.807, 2.05) is 0 Å². The van der Waals surface area contributed by atoms with Crippen LogP contribution in [0.2, 0.25) is 0 Å². The largest absolute Gasteiger partial charge is 0.444 e. The van der Waals surface area contributed by atoms with E-state index in [9.17, 15) is 13.2 Å². The van der Waals surface area contributed by atoms with Gasteiger partial charge in [0.1, 0.15) is 11.7 Å². The van der Waals surface area contributed by atoms with E-state index in [1.165, 1.54) is 0 Å². The highest BCUT2D eigenvalue weighted by atomic mass is 32.2. The fourth-order valence-electron chi connectivity index (χ4n) is 1.78. The highest BCUT2D eigenvalue weighted by molar-refractivity contribution is 7.86. The summed E-state index contributed by atoms with van der Waals surface area (Å²) in [6.07, 6.45) is 1.13. The molecule has 0 spiro atoms. The maximum atomic E-state index is 11.5. The van der Waals surface area contributed by atoms with Gasteiger partial charge >= 0.3 is 6.09 Å². The molecule has 0 radical (unpaired) electrons. The van der Waals surface area contributed by atoms with Crippen molar-refractivity contribution >= 4 is 16.2 Å². The van der Waals surface area contributed by atoms with Crippen molar-refractivity contribution in [1.29, 1.82) is 0 Å². The van der Waals surface area contributed by atoms with E-state index in [4.69, 9.17) is 13.7 Å². The Bertz CT molecular complexity index is 420. The molecule has 1 heterocycles. The highest BCUT2D eigenvalue weighted by Gasteiger charge is 2.26. The fraction of sp³-hybridized carbons (Fsp3) is 0.917. The molecule has 0 saturated carbocycles. The quantitative estimate of drug-likeness (QED) is 0.780. The molecule has 2 atom stereocenters. The number of carbonyl (C=O) groups is 1. The van der Waals surface area contributed by atoms with E-state index >= 15 is 0 Å². The predicted molar refractivity (Wildman–Crippen MR) is 72.9 cm³/mol. The van der Waals surface area contributed by atoms with E-state index in [2.05, 4.69) is 5.32 Å². The molecule has 0 aromatic carbocycles. The molecule has 1 N–H and O–H groups in total. The SMILES string of the molecule is CC(C)(C)OC(=O)NC[C@@H]1CC[C@@H](OS(C)(=O)=O)CO1. The number of ether oxygens (including phenoxy) is 2. The Morgan fingerprint density at radius 2 is 2.00 bits per heavy atom. The molecular weight excluding hydrogens is 286 g/mol. The number of hydrogen-bond acceptors (Lipinski definition) is 6. The normalized spacial score (nSPS) is 24.2. The van der Waals surface area contributed by atoms with Crippen molar-refractivity contribution in [3.63, 3.8) is 0 Å². The zero-order chi connectivity index (χ0) is 15.4. The molecule has 7 nitrogen and oxygen atoms in total. The van der Waals surface area contributed by atoms with Gasteiger partial charge in [0.15, 0.2) is 0 Å². The first-order chi connectivity index (χ1) is 9.05. The molecule has 118 valence electrons. The Labute approximate surface area is 120 Å². The lowest BCUT2D eigenvalue weighted by molar-refractivity contribution is -0.0430. The second-order valence-corrected chi connectivity index (χ2v) is 7.44. The van der Waals surface area contributed by atoms with Gasteiger partial charge in [-0.05, 0) is 33.6 Å². The Balaban J connectivity index is 2.24. The first-order valence-corrected chi connectivity index (χ1v) is 8.33. The van der Waals surface area contributed by atoms with Gasteiger partial charge in [0.2, 0.25) is 0 Å². The molecule has 0 bridgehead atoms. The van der Waals surface area contributed by atoms with E-state index in [0.717, 1.165) is 6.26 Å². The molecule has 1 aliphatic heterocycles. The minimum atomic E-state index is -3.46. The molecule has 1 aliphatic rings. The van der Waals surface area contributed by atoms with Crippen LogP contribution in [0, 0.1) is 0 Å². The van der Waals surface area contributed by atoms with E-state index in [1.54, 1.807) is 20.8 Å². The first-order valence-electron chi connectivity index (χ1n) is 6.52. The lowest BCUT2D eigenvalue weighted by Crippen LogP contribution is -2.41. The van der Waals surface area contributed by atoms with Crippen LogP contribution in [-0.2, 0) is 23.8 Å². The molecular formula is C12H23NO6S. The second kappa shape index (κ2) is 6.73. The van der Waals surface area contributed by atoms with Crippen molar-refractivity contribution < 1.29 is 26.9 Å². The highest BCUT2D eigenvalue weighted by Crippen LogP contribution is 2.17. The van der Waals surface area contributed by atoms with Crippen LogP contribution in [-0.4, -0.2) is 51.7 Å². The van der Waals surface area contributed by atoms with Crippen LogP contribution in [0.3, 0.4) is 0 Å². The third-order valence-electron chi connectivity index (χ3n) is 2.51. The maximum absolute atomic E-state index is 11.5. The maximum Gasteiger partial charge on any atom is 0.407 e. The topological polar surface area (TPSA) is 90.9 Å². The van der Waals surface area contributed by atoms with Crippen molar-refractivity contribution in [3.05, 3.63) is 0 Å². The summed E-state index contributed by atoms with van der Waals surface area (Å²) in [7, 11) is -3.46. The number of alkyl carbamates (subject to hydrolysis) is 1. The molecule has 1 amide bonds. The Kier molecular flexibility index (Phi) is 5.79. The summed E-state index contributed by atoms with van der Waals surface area (Å²) < 4.78 is 37.4. The molecule has 1 saturated heterocycles. The van der Waals surface area contributed by atoms with Crippen LogP contribution >= 0.6 is 0 Å². The zero-order valence-corrected chi connectivity index (χ0v) is 13.2. The fourth-order valence-corrected chi connectivity index (χ4v) is 2.42. The second-order valence-electron chi connectivity index (χ2n) is 5.84. The summed E-state index contributed by atoms with van der Waals surface area (Å²) in [5.41, 5.74) is -0.536. The van der Waals surface area contributed by atoms with E-state index in [-0.39, 0.29) is 12.7 Å². The van der Waals surface area contributed by atoms with Gasteiger partial charge in [0.05, 0.1) is 19.0 Å². The summed E-state index contributed by atoms with van der Waals surface area (Å²) in [5.74, 6) is 0. The zero-order valence-electron chi connectivity index (χ0n) is 12.3. The summed E-state index contributed by atoms with van der Waals surface area (Å²) >= 11 is 0. The van der Waals surface area contributed by atoms with Crippen LogP contribution in [0.15, 0.2) is 0 Å². The lowest BCUT2D eigenvalue weighted by Gasteiger charge is -2.28. The molecule has 0 unspecified atom stereocenters. The molecule has 1 rings (SSSR count). The number of nitrogens with one attached hydrogen (secondary N) is 1. The van der Waals surface area contributed by atoms with Crippen LogP contribution in [0.25, 0.3) is 0 Å². The van der Waals surface area contributed by atoms with Gasteiger partial charge in [0.25, 0.3) is 10.1 Å². The smallest absolute Gasteiger partial charge is 0.407 e. The van der Waals surface area contributed by atoms with Crippen molar-refractivity contribution in [3.8, 4) is 0 Å². The average molecular weight is 309 g/mol. The third-order valence-corrected chi connectivity index (χ3v) is 3.13. The minimum absolute atomic E-state index is 0.151. The Hall–Kier alpha value is -0.860. The molecule has 8 heteroatoms. The number of amides is 1. The summed E-state index contributed by atoms with van der Waals surface area (Å²) in [6.45, 7) is 5.90. The number of rotatable bonds is 4. The molecule has 1 fully saturated rings. The Morgan fingerprint density at radius 1 is 1.35 bits per heavy atom. The number of carbonyl (C=O) groups excluding carboxylic acids is 1. The van der Waals surface area contributed by atoms with E-state index < -0.39 is 27.9 Å². The van der Waals surface area contributed by atoms with Crippen LogP contribution in [0.5, 0.6) is 0 Å². The summed E-state index contributed by atoms with van der Waals surface area (Å²) in [6, 6.07) is 0. The van der Waals surface area contributed by atoms with Gasteiger partial charge in [-0.25, -0.2) is 4.79 Å². The minimum Gasteiger partial charge on any atom is -0.444 e. The number of hydrogen-bond donors (Lipinski definition) is 1. The van der Waals surface area contributed by atoms with Crippen molar-refractivity contribution in [2.75, 3.05) is 19.4 Å². The van der Waals surface area contributed by atoms with Gasteiger partial charge in [0, 0.05) is 6.54 Å². The van der Waals surface area contributed by atoms with Gasteiger partial charge < -0.3 is 14.8 Å². The molecule has 0 aromatic rings. The van der Waals surface area contributed by atoms with Gasteiger partial charge in [-0.3, -0.25) is 4.18 Å². The van der Waals surface area contributed by atoms with Crippen LogP contribution < -0.4 is 5.32 Å². The molecule has 20 heavy (non-hydrogen) atoms. The van der Waals surface area contributed by atoms with Gasteiger partial charge in [-0.15, -0.1) is 0 Å². The lowest BCUT2D eigenvalue weighted by atomic mass is 10.1. The van der Waals surface area contributed by atoms with Gasteiger partial charge in [-0.2, -0.15) is 8.42 Å². The van der Waals surface area contributed by atoms with Crippen molar-refractivity contribution in [2.24, 2.45) is 0 Å². The van der Waals surface area contributed by atoms with Crippen molar-refractivity contribution in [2.45, 2.75) is 51.4 Å². The molecule has 0 aliphatic carbocycles. The first kappa shape index (κ1) is 17.2. The Morgan fingerprint density at radius 3 is 2.45 bits per heavy atom. The van der Waals surface area contributed by atoms with E-state index in [0.29, 0.717) is 19.4 Å². The van der Waals surface area contributed by atoms with Crippen LogP contribution in [0.1, 0.15) is 33.6 Å². The summed E-state index contributed by atoms with van der Waals surface area (Å²) in [5, 5.41) is 2.63. The third kappa shape index (κ3) is 7.66.